The molecular weight excluding hydrogens is 362 g/mol. The summed E-state index contributed by atoms with van der Waals surface area (Å²) >= 11 is 0. The number of benzene rings is 1. The maximum Gasteiger partial charge on any atom is 0.161 e. The quantitative estimate of drug-likeness (QED) is 0.772. The number of ether oxygens (including phenoxy) is 2. The lowest BCUT2D eigenvalue weighted by atomic mass is 9.69. The predicted molar refractivity (Wildman–Crippen MR) is 113 cm³/mol. The molecular formula is C25H29NO3. The Balaban J connectivity index is 1.69. The third-order valence-electron chi connectivity index (χ3n) is 6.22. The molecule has 4 heteroatoms. The molecule has 29 heavy (non-hydrogen) atoms. The van der Waals surface area contributed by atoms with Gasteiger partial charge in [-0.15, -0.1) is 0 Å². The van der Waals surface area contributed by atoms with E-state index in [9.17, 15) is 5.11 Å². The highest BCUT2D eigenvalue weighted by Gasteiger charge is 2.36. The van der Waals surface area contributed by atoms with Gasteiger partial charge in [0.05, 0.1) is 24.7 Å². The van der Waals surface area contributed by atoms with Crippen molar-refractivity contribution in [3.8, 4) is 23.3 Å². The zero-order valence-corrected chi connectivity index (χ0v) is 17.1. The molecule has 1 aromatic heterocycles. The maximum absolute atomic E-state index is 10.1. The Hall–Kier alpha value is -2.51. The van der Waals surface area contributed by atoms with Crippen LogP contribution in [0.4, 0.5) is 0 Å². The van der Waals surface area contributed by atoms with E-state index in [0.29, 0.717) is 0 Å². The molecule has 0 amide bonds. The van der Waals surface area contributed by atoms with Gasteiger partial charge in [-0.25, -0.2) is 4.98 Å². The van der Waals surface area contributed by atoms with Gasteiger partial charge in [-0.2, -0.15) is 0 Å². The van der Waals surface area contributed by atoms with Crippen molar-refractivity contribution < 1.29 is 14.6 Å². The summed E-state index contributed by atoms with van der Waals surface area (Å²) in [4.78, 5) is 4.35. The molecule has 0 bridgehead atoms. The van der Waals surface area contributed by atoms with Crippen LogP contribution in [0.5, 0.6) is 11.5 Å². The van der Waals surface area contributed by atoms with E-state index in [1.807, 2.05) is 24.3 Å². The molecule has 2 fully saturated rings. The number of nitrogens with zero attached hydrogens (tertiary/aromatic N) is 1. The van der Waals surface area contributed by atoms with Gasteiger partial charge in [-0.1, -0.05) is 18.1 Å². The first-order valence-electron chi connectivity index (χ1n) is 10.7. The van der Waals surface area contributed by atoms with Crippen molar-refractivity contribution in [2.24, 2.45) is 0 Å². The van der Waals surface area contributed by atoms with E-state index in [4.69, 9.17) is 9.47 Å². The van der Waals surface area contributed by atoms with Crippen molar-refractivity contribution in [1.29, 1.82) is 0 Å². The lowest BCUT2D eigenvalue weighted by Crippen LogP contribution is -2.32. The Bertz CT molecular complexity index is 870. The minimum absolute atomic E-state index is 0.243. The number of aromatic nitrogens is 1. The predicted octanol–water partition coefficient (Wildman–Crippen LogP) is 4.64. The van der Waals surface area contributed by atoms with E-state index in [2.05, 4.69) is 29.0 Å². The number of hydrogen-bond acceptors (Lipinski definition) is 4. The van der Waals surface area contributed by atoms with Crippen molar-refractivity contribution in [3.05, 3.63) is 53.9 Å². The van der Waals surface area contributed by atoms with Crippen LogP contribution in [0.2, 0.25) is 0 Å². The third kappa shape index (κ3) is 4.57. The van der Waals surface area contributed by atoms with Gasteiger partial charge in [0.1, 0.15) is 5.69 Å². The Labute approximate surface area is 173 Å². The van der Waals surface area contributed by atoms with Gasteiger partial charge >= 0.3 is 0 Å². The third-order valence-corrected chi connectivity index (χ3v) is 6.22. The van der Waals surface area contributed by atoms with E-state index in [1.54, 1.807) is 13.3 Å². The molecule has 2 aliphatic rings. The van der Waals surface area contributed by atoms with Crippen LogP contribution < -0.4 is 9.47 Å². The topological polar surface area (TPSA) is 51.6 Å². The molecule has 0 aliphatic heterocycles. The second-order valence-electron chi connectivity index (χ2n) is 8.17. The zero-order chi connectivity index (χ0) is 20.1. The fourth-order valence-corrected chi connectivity index (χ4v) is 4.45. The largest absolute Gasteiger partial charge is 0.493 e. The second-order valence-corrected chi connectivity index (χ2v) is 8.17. The van der Waals surface area contributed by atoms with Crippen LogP contribution in [-0.4, -0.2) is 29.4 Å². The summed E-state index contributed by atoms with van der Waals surface area (Å²) in [6.07, 6.45) is 9.59. The average Bonchev–Trinajstić information content (AvgIpc) is 3.27. The van der Waals surface area contributed by atoms with Crippen LogP contribution >= 0.6 is 0 Å². The number of rotatable bonds is 4. The molecule has 4 rings (SSSR count). The standard InChI is InChI=1S/C25H29NO3/c1-28-23-10-9-19(18-24(23)29-22-7-2-3-8-22)25(15-12-21(27)13-16-25)14-11-20-6-4-5-17-26-20/h4-6,9-10,17-18,21-22,27H,2-3,7-8,12-13,15-16H2,1H3/t21-,25-. The monoisotopic (exact) mass is 391 g/mol. The molecule has 0 saturated heterocycles. The molecule has 0 atom stereocenters. The fourth-order valence-electron chi connectivity index (χ4n) is 4.45. The van der Waals surface area contributed by atoms with Crippen LogP contribution in [0, 0.1) is 11.8 Å². The number of hydrogen-bond donors (Lipinski definition) is 1. The molecule has 2 aromatic rings. The van der Waals surface area contributed by atoms with Crippen LogP contribution in [0.25, 0.3) is 0 Å². The first-order chi connectivity index (χ1) is 14.2. The van der Waals surface area contributed by atoms with Crippen LogP contribution in [0.1, 0.15) is 62.6 Å². The van der Waals surface area contributed by atoms with Crippen molar-refractivity contribution in [1.82, 2.24) is 4.98 Å². The van der Waals surface area contributed by atoms with Crippen molar-refractivity contribution in [2.45, 2.75) is 69.0 Å². The number of pyridine rings is 1. The molecule has 1 aromatic carbocycles. The normalized spacial score (nSPS) is 24.6. The average molecular weight is 392 g/mol. The lowest BCUT2D eigenvalue weighted by Gasteiger charge is -2.35. The highest BCUT2D eigenvalue weighted by atomic mass is 16.5. The number of aliphatic hydroxyl groups excluding tert-OH is 1. The molecule has 4 nitrogen and oxygen atoms in total. The van der Waals surface area contributed by atoms with Crippen LogP contribution in [0.3, 0.4) is 0 Å². The Morgan fingerprint density at radius 1 is 1.03 bits per heavy atom. The summed E-state index contributed by atoms with van der Waals surface area (Å²) < 4.78 is 11.9. The number of methoxy groups -OCH3 is 1. The summed E-state index contributed by atoms with van der Waals surface area (Å²) in [6.45, 7) is 0. The molecule has 0 spiro atoms. The molecule has 0 radical (unpaired) electrons. The summed E-state index contributed by atoms with van der Waals surface area (Å²) in [6, 6.07) is 12.0. The van der Waals surface area contributed by atoms with Gasteiger partial charge in [0.15, 0.2) is 11.5 Å². The highest BCUT2D eigenvalue weighted by Crippen LogP contribution is 2.43. The maximum atomic E-state index is 10.1. The Kier molecular flexibility index (Phi) is 6.06. The van der Waals surface area contributed by atoms with Crippen LogP contribution in [-0.2, 0) is 5.41 Å². The van der Waals surface area contributed by atoms with Gasteiger partial charge in [0.25, 0.3) is 0 Å². The second kappa shape index (κ2) is 8.88. The smallest absolute Gasteiger partial charge is 0.161 e. The summed E-state index contributed by atoms with van der Waals surface area (Å²) in [5, 5.41) is 10.1. The minimum atomic E-state index is -0.309. The zero-order valence-electron chi connectivity index (χ0n) is 17.1. The summed E-state index contributed by atoms with van der Waals surface area (Å²) in [5.74, 6) is 8.38. The van der Waals surface area contributed by atoms with E-state index in [1.165, 1.54) is 12.8 Å². The fraction of sp³-hybridized carbons (Fsp3) is 0.480. The summed E-state index contributed by atoms with van der Waals surface area (Å²) in [7, 11) is 1.68. The Morgan fingerprint density at radius 2 is 1.83 bits per heavy atom. The van der Waals surface area contributed by atoms with E-state index < -0.39 is 0 Å². The van der Waals surface area contributed by atoms with Gasteiger partial charge in [-0.05, 0) is 87.1 Å². The minimum Gasteiger partial charge on any atom is -0.493 e. The molecule has 1 heterocycles. The van der Waals surface area contributed by atoms with Gasteiger partial charge in [0.2, 0.25) is 0 Å². The molecule has 2 saturated carbocycles. The van der Waals surface area contributed by atoms with E-state index >= 15 is 0 Å². The van der Waals surface area contributed by atoms with E-state index in [-0.39, 0.29) is 17.6 Å². The van der Waals surface area contributed by atoms with Crippen molar-refractivity contribution >= 4 is 0 Å². The Morgan fingerprint density at radius 3 is 2.52 bits per heavy atom. The lowest BCUT2D eigenvalue weighted by molar-refractivity contribution is 0.110. The van der Waals surface area contributed by atoms with Gasteiger partial charge < -0.3 is 14.6 Å². The highest BCUT2D eigenvalue weighted by molar-refractivity contribution is 5.49. The van der Waals surface area contributed by atoms with Crippen molar-refractivity contribution in [2.75, 3.05) is 7.11 Å². The van der Waals surface area contributed by atoms with Gasteiger partial charge in [-0.3, -0.25) is 0 Å². The molecule has 0 unspecified atom stereocenters. The summed E-state index contributed by atoms with van der Waals surface area (Å²) in [5.41, 5.74) is 1.60. The van der Waals surface area contributed by atoms with E-state index in [0.717, 1.165) is 61.3 Å². The number of aliphatic hydroxyl groups is 1. The van der Waals surface area contributed by atoms with Crippen molar-refractivity contribution in [3.63, 3.8) is 0 Å². The first-order valence-corrected chi connectivity index (χ1v) is 10.7. The van der Waals surface area contributed by atoms with Crippen LogP contribution in [0.15, 0.2) is 42.6 Å². The first kappa shape index (κ1) is 19.8. The SMILES string of the molecule is COc1ccc([C@]2(C#Cc3ccccn3)CC[C@@H](O)CC2)cc1OC1CCCC1. The molecule has 1 N–H and O–H groups in total. The molecule has 2 aliphatic carbocycles. The van der Waals surface area contributed by atoms with Gasteiger partial charge in [0, 0.05) is 6.20 Å². The molecule has 152 valence electrons.